The number of nitrogens with zero attached hydrogens (tertiary/aromatic N) is 6. The van der Waals surface area contributed by atoms with E-state index in [1.54, 1.807) is 27.8 Å². The van der Waals surface area contributed by atoms with Gasteiger partial charge in [0.1, 0.15) is 5.82 Å². The summed E-state index contributed by atoms with van der Waals surface area (Å²) in [5, 5.41) is 1.00. The monoisotopic (exact) mass is 558 g/mol. The lowest BCUT2D eigenvalue weighted by Gasteiger charge is -2.40. The second-order valence-electron chi connectivity index (χ2n) is 10.0. The normalized spacial score (nSPS) is 15.5. The summed E-state index contributed by atoms with van der Waals surface area (Å²) in [6, 6.07) is 13.1. The summed E-state index contributed by atoms with van der Waals surface area (Å²) >= 11 is 6.87. The number of halogens is 1. The maximum absolute atomic E-state index is 13.9. The molecule has 0 radical (unpaired) electrons. The summed E-state index contributed by atoms with van der Waals surface area (Å²) < 4.78 is 7.04. The zero-order chi connectivity index (χ0) is 28.6. The molecule has 10 heteroatoms. The molecule has 0 saturated carbocycles. The molecule has 4 aromatic rings. The largest absolute Gasteiger partial charge is 0.481 e. The van der Waals surface area contributed by atoms with Crippen LogP contribution in [0.1, 0.15) is 32.3 Å². The molecule has 5 rings (SSSR count). The van der Waals surface area contributed by atoms with Crippen LogP contribution in [0, 0.1) is 0 Å². The molecule has 9 nitrogen and oxygen atoms in total. The van der Waals surface area contributed by atoms with Crippen LogP contribution in [0.2, 0.25) is 5.02 Å². The van der Waals surface area contributed by atoms with E-state index in [2.05, 4.69) is 30.4 Å². The summed E-state index contributed by atoms with van der Waals surface area (Å²) in [5.74, 6) is 0.887. The maximum atomic E-state index is 13.9. The van der Waals surface area contributed by atoms with Gasteiger partial charge in [-0.1, -0.05) is 50.2 Å². The molecule has 1 aromatic carbocycles. The van der Waals surface area contributed by atoms with Gasteiger partial charge in [-0.15, -0.1) is 0 Å². The zero-order valence-electron chi connectivity index (χ0n) is 23.0. The van der Waals surface area contributed by atoms with Crippen LogP contribution in [0.15, 0.2) is 66.1 Å². The summed E-state index contributed by atoms with van der Waals surface area (Å²) in [7, 11) is 1.54. The van der Waals surface area contributed by atoms with Crippen molar-refractivity contribution in [3.8, 4) is 22.8 Å². The topological polar surface area (TPSA) is 93.5 Å². The SMILES string of the molecule is C=CC(=O)N1CCN(c2nc(=O)n(-c3ccccc3C(C)C)c3nc(-c4cccnc4OC)c(Cl)cc23)[C@@H](C)C1. The number of pyridine rings is 2. The number of amides is 1. The number of anilines is 1. The van der Waals surface area contributed by atoms with Crippen LogP contribution >= 0.6 is 11.6 Å². The van der Waals surface area contributed by atoms with E-state index in [1.165, 1.54) is 13.2 Å². The molecule has 1 saturated heterocycles. The zero-order valence-corrected chi connectivity index (χ0v) is 23.7. The third kappa shape index (κ3) is 4.81. The number of aromatic nitrogens is 4. The Morgan fingerprint density at radius 2 is 1.95 bits per heavy atom. The van der Waals surface area contributed by atoms with E-state index in [-0.39, 0.29) is 17.9 Å². The summed E-state index contributed by atoms with van der Waals surface area (Å²) in [6.07, 6.45) is 2.95. The van der Waals surface area contributed by atoms with Gasteiger partial charge in [0, 0.05) is 31.9 Å². The number of rotatable bonds is 6. The van der Waals surface area contributed by atoms with Gasteiger partial charge in [-0.25, -0.2) is 19.3 Å². The smallest absolute Gasteiger partial charge is 0.355 e. The van der Waals surface area contributed by atoms with E-state index in [0.29, 0.717) is 64.3 Å². The number of piperazine rings is 1. The van der Waals surface area contributed by atoms with Gasteiger partial charge >= 0.3 is 5.69 Å². The predicted molar refractivity (Wildman–Crippen MR) is 158 cm³/mol. The maximum Gasteiger partial charge on any atom is 0.355 e. The lowest BCUT2D eigenvalue weighted by atomic mass is 10.0. The van der Waals surface area contributed by atoms with Gasteiger partial charge in [-0.2, -0.15) is 4.98 Å². The van der Waals surface area contributed by atoms with Crippen LogP contribution in [0.25, 0.3) is 28.0 Å². The Hall–Kier alpha value is -4.24. The third-order valence-corrected chi connectivity index (χ3v) is 7.49. The van der Waals surface area contributed by atoms with Crippen molar-refractivity contribution in [1.29, 1.82) is 0 Å². The Labute approximate surface area is 237 Å². The summed E-state index contributed by atoms with van der Waals surface area (Å²) in [6.45, 7) is 11.2. The van der Waals surface area contributed by atoms with Gasteiger partial charge in [0.15, 0.2) is 5.65 Å². The van der Waals surface area contributed by atoms with E-state index >= 15 is 0 Å². The van der Waals surface area contributed by atoms with Crippen molar-refractivity contribution in [2.24, 2.45) is 0 Å². The molecule has 1 aliphatic heterocycles. The van der Waals surface area contributed by atoms with Gasteiger partial charge in [0.2, 0.25) is 11.8 Å². The number of ether oxygens (including phenoxy) is 1. The standard InChI is InChI=1S/C30H31ClN6O3/c1-6-25(38)35-14-15-36(19(4)17-35)27-22-16-23(31)26(21-11-9-13-32-29(21)40-5)33-28(22)37(30(39)34-27)24-12-8-7-10-20(24)18(2)3/h6-13,16,18-19H,1,14-15,17H2,2-5H3/t19-/m0/s1. The quantitative estimate of drug-likeness (QED) is 0.312. The van der Waals surface area contributed by atoms with Crippen LogP contribution in [-0.4, -0.2) is 63.1 Å². The Kier molecular flexibility index (Phi) is 7.58. The van der Waals surface area contributed by atoms with Crippen LogP contribution in [0.4, 0.5) is 5.82 Å². The Morgan fingerprint density at radius 3 is 2.65 bits per heavy atom. The molecule has 206 valence electrons. The Bertz CT molecular complexity index is 1670. The van der Waals surface area contributed by atoms with Crippen molar-refractivity contribution >= 4 is 34.4 Å². The molecule has 0 spiro atoms. The molecule has 1 fully saturated rings. The first-order chi connectivity index (χ1) is 19.2. The first-order valence-corrected chi connectivity index (χ1v) is 13.5. The van der Waals surface area contributed by atoms with Crippen LogP contribution in [-0.2, 0) is 4.79 Å². The molecular weight excluding hydrogens is 528 g/mol. The molecule has 40 heavy (non-hydrogen) atoms. The van der Waals surface area contributed by atoms with Crippen molar-refractivity contribution in [3.05, 3.63) is 82.4 Å². The number of hydrogen-bond acceptors (Lipinski definition) is 7. The minimum Gasteiger partial charge on any atom is -0.481 e. The second kappa shape index (κ2) is 11.1. The minimum atomic E-state index is -0.452. The summed E-state index contributed by atoms with van der Waals surface area (Å²) in [4.78, 5) is 43.8. The molecule has 4 heterocycles. The van der Waals surface area contributed by atoms with Gasteiger partial charge in [0.25, 0.3) is 0 Å². The molecule has 0 unspecified atom stereocenters. The van der Waals surface area contributed by atoms with Crippen molar-refractivity contribution in [2.75, 3.05) is 31.6 Å². The molecular formula is C30H31ClN6O3. The molecule has 0 N–H and O–H groups in total. The minimum absolute atomic E-state index is 0.108. The highest BCUT2D eigenvalue weighted by molar-refractivity contribution is 6.34. The van der Waals surface area contributed by atoms with E-state index in [0.717, 1.165) is 5.56 Å². The van der Waals surface area contributed by atoms with Gasteiger partial charge in [-0.05, 0) is 48.7 Å². The highest BCUT2D eigenvalue weighted by Gasteiger charge is 2.30. The fraction of sp³-hybridized carbons (Fsp3) is 0.300. The highest BCUT2D eigenvalue weighted by Crippen LogP contribution is 2.37. The van der Waals surface area contributed by atoms with Crippen molar-refractivity contribution in [3.63, 3.8) is 0 Å². The first-order valence-electron chi connectivity index (χ1n) is 13.1. The summed E-state index contributed by atoms with van der Waals surface area (Å²) in [5.41, 5.74) is 2.72. The number of fused-ring (bicyclic) bond motifs is 1. The molecule has 0 aliphatic carbocycles. The van der Waals surface area contributed by atoms with Crippen molar-refractivity contribution in [2.45, 2.75) is 32.7 Å². The van der Waals surface area contributed by atoms with Gasteiger partial charge < -0.3 is 14.5 Å². The number of methoxy groups -OCH3 is 1. The van der Waals surface area contributed by atoms with Gasteiger partial charge in [0.05, 0.1) is 34.5 Å². The van der Waals surface area contributed by atoms with Crippen LogP contribution < -0.4 is 15.3 Å². The highest BCUT2D eigenvalue weighted by atomic mass is 35.5. The lowest BCUT2D eigenvalue weighted by molar-refractivity contribution is -0.126. The van der Waals surface area contributed by atoms with Crippen LogP contribution in [0.5, 0.6) is 5.88 Å². The second-order valence-corrected chi connectivity index (χ2v) is 10.5. The third-order valence-electron chi connectivity index (χ3n) is 7.21. The number of carbonyl (C=O) groups excluding carboxylic acids is 1. The first kappa shape index (κ1) is 27.3. The Balaban J connectivity index is 1.79. The molecule has 1 aliphatic rings. The van der Waals surface area contributed by atoms with E-state index in [1.807, 2.05) is 42.2 Å². The van der Waals surface area contributed by atoms with Crippen LogP contribution in [0.3, 0.4) is 0 Å². The lowest BCUT2D eigenvalue weighted by Crippen LogP contribution is -2.54. The van der Waals surface area contributed by atoms with E-state index in [4.69, 9.17) is 21.3 Å². The Morgan fingerprint density at radius 1 is 1.18 bits per heavy atom. The molecule has 3 aromatic heterocycles. The fourth-order valence-corrected chi connectivity index (χ4v) is 5.50. The number of hydrogen-bond donors (Lipinski definition) is 0. The molecule has 1 atom stereocenters. The molecule has 1 amide bonds. The van der Waals surface area contributed by atoms with Gasteiger partial charge in [-0.3, -0.25) is 4.79 Å². The van der Waals surface area contributed by atoms with E-state index in [9.17, 15) is 9.59 Å². The molecule has 0 bridgehead atoms. The van der Waals surface area contributed by atoms with Crippen molar-refractivity contribution < 1.29 is 9.53 Å². The van der Waals surface area contributed by atoms with E-state index < -0.39 is 5.69 Å². The number of benzene rings is 1. The average Bonchev–Trinajstić information content (AvgIpc) is 2.96. The number of carbonyl (C=O) groups is 1. The fourth-order valence-electron chi connectivity index (χ4n) is 5.25. The predicted octanol–water partition coefficient (Wildman–Crippen LogP) is 4.85. The number of para-hydroxylation sites is 1. The van der Waals surface area contributed by atoms with Crippen molar-refractivity contribution in [1.82, 2.24) is 24.4 Å². The average molecular weight is 559 g/mol.